The molecule has 0 saturated carbocycles. The number of carbonyl (C=O) groups is 1. The summed E-state index contributed by atoms with van der Waals surface area (Å²) in [6.07, 6.45) is -0.454. The molecule has 0 aliphatic heterocycles. The van der Waals surface area contributed by atoms with Gasteiger partial charge < -0.3 is 9.64 Å². The largest absolute Gasteiger partial charge is 0.481 e. The number of hydrogen-bond acceptors (Lipinski definition) is 2. The summed E-state index contributed by atoms with van der Waals surface area (Å²) >= 11 is 0. The molecule has 0 spiro atoms. The highest BCUT2D eigenvalue weighted by Gasteiger charge is 2.16. The van der Waals surface area contributed by atoms with Crippen molar-refractivity contribution in [3.05, 3.63) is 29.3 Å². The van der Waals surface area contributed by atoms with Gasteiger partial charge in [0.1, 0.15) is 5.75 Å². The first kappa shape index (κ1) is 14.6. The molecule has 100 valence electrons. The van der Waals surface area contributed by atoms with Gasteiger partial charge in [-0.1, -0.05) is 19.9 Å². The Hall–Kier alpha value is -1.51. The van der Waals surface area contributed by atoms with Crippen LogP contribution in [0.25, 0.3) is 0 Å². The Morgan fingerprint density at radius 1 is 1.22 bits per heavy atom. The van der Waals surface area contributed by atoms with Crippen molar-refractivity contribution in [1.29, 1.82) is 0 Å². The second-order valence-corrected chi connectivity index (χ2v) is 5.17. The molecule has 0 fully saturated rings. The molecule has 3 heteroatoms. The minimum atomic E-state index is -0.454. The van der Waals surface area contributed by atoms with Gasteiger partial charge in [-0.15, -0.1) is 0 Å². The number of aryl methyl sites for hydroxylation is 1. The molecule has 0 aliphatic carbocycles. The van der Waals surface area contributed by atoms with Crippen LogP contribution in [-0.4, -0.2) is 31.0 Å². The fourth-order valence-corrected chi connectivity index (χ4v) is 1.99. The van der Waals surface area contributed by atoms with Crippen molar-refractivity contribution in [2.24, 2.45) is 0 Å². The molecular weight excluding hydrogens is 226 g/mol. The maximum Gasteiger partial charge on any atom is 0.262 e. The van der Waals surface area contributed by atoms with Crippen LogP contribution in [0.15, 0.2) is 18.2 Å². The van der Waals surface area contributed by atoms with Crippen LogP contribution in [-0.2, 0) is 4.79 Å². The molecule has 1 atom stereocenters. The average Bonchev–Trinajstić information content (AvgIpc) is 2.27. The summed E-state index contributed by atoms with van der Waals surface area (Å²) < 4.78 is 5.66. The lowest BCUT2D eigenvalue weighted by Gasteiger charge is -2.19. The van der Waals surface area contributed by atoms with E-state index in [2.05, 4.69) is 26.8 Å². The molecule has 1 amide bonds. The average molecular weight is 249 g/mol. The minimum Gasteiger partial charge on any atom is -0.481 e. The van der Waals surface area contributed by atoms with E-state index in [1.807, 2.05) is 12.1 Å². The molecule has 0 saturated heterocycles. The zero-order chi connectivity index (χ0) is 13.9. The maximum absolute atomic E-state index is 11.7. The molecule has 0 N–H and O–H groups in total. The van der Waals surface area contributed by atoms with Crippen molar-refractivity contribution >= 4 is 5.91 Å². The molecule has 1 aromatic carbocycles. The van der Waals surface area contributed by atoms with Crippen molar-refractivity contribution in [1.82, 2.24) is 4.90 Å². The zero-order valence-corrected chi connectivity index (χ0v) is 12.2. The van der Waals surface area contributed by atoms with E-state index < -0.39 is 6.10 Å². The molecule has 1 rings (SSSR count). The smallest absolute Gasteiger partial charge is 0.262 e. The standard InChI is InChI=1S/C15H23NO2/c1-10(2)14-8-7-13(9-11(14)3)18-12(4)15(17)16(5)6/h7-10,12H,1-6H3. The van der Waals surface area contributed by atoms with Gasteiger partial charge >= 0.3 is 0 Å². The molecule has 18 heavy (non-hydrogen) atoms. The molecule has 0 aliphatic rings. The van der Waals surface area contributed by atoms with E-state index in [-0.39, 0.29) is 5.91 Å². The molecule has 1 aromatic rings. The van der Waals surface area contributed by atoms with Gasteiger partial charge in [-0.3, -0.25) is 4.79 Å². The van der Waals surface area contributed by atoms with Gasteiger partial charge in [0.2, 0.25) is 0 Å². The Morgan fingerprint density at radius 2 is 1.83 bits per heavy atom. The summed E-state index contributed by atoms with van der Waals surface area (Å²) in [6, 6.07) is 6.00. The Morgan fingerprint density at radius 3 is 2.28 bits per heavy atom. The van der Waals surface area contributed by atoms with Crippen LogP contribution < -0.4 is 4.74 Å². The van der Waals surface area contributed by atoms with E-state index in [0.29, 0.717) is 5.92 Å². The molecule has 3 nitrogen and oxygen atoms in total. The van der Waals surface area contributed by atoms with Crippen molar-refractivity contribution in [3.8, 4) is 5.75 Å². The highest BCUT2D eigenvalue weighted by atomic mass is 16.5. The van der Waals surface area contributed by atoms with Crippen LogP contribution >= 0.6 is 0 Å². The van der Waals surface area contributed by atoms with E-state index in [1.54, 1.807) is 25.9 Å². The van der Waals surface area contributed by atoms with E-state index in [0.717, 1.165) is 5.75 Å². The third-order valence-corrected chi connectivity index (χ3v) is 2.96. The SMILES string of the molecule is Cc1cc(OC(C)C(=O)N(C)C)ccc1C(C)C. The predicted molar refractivity (Wildman–Crippen MR) is 74.1 cm³/mol. The number of benzene rings is 1. The van der Waals surface area contributed by atoms with Crippen molar-refractivity contribution in [2.45, 2.75) is 39.7 Å². The van der Waals surface area contributed by atoms with E-state index >= 15 is 0 Å². The van der Waals surface area contributed by atoms with Gasteiger partial charge in [-0.05, 0) is 43.0 Å². The Bertz CT molecular complexity index is 425. The normalized spacial score (nSPS) is 12.4. The summed E-state index contributed by atoms with van der Waals surface area (Å²) in [4.78, 5) is 13.2. The number of amides is 1. The number of nitrogens with zero attached hydrogens (tertiary/aromatic N) is 1. The molecule has 0 radical (unpaired) electrons. The monoisotopic (exact) mass is 249 g/mol. The van der Waals surface area contributed by atoms with E-state index in [1.165, 1.54) is 11.1 Å². The summed E-state index contributed by atoms with van der Waals surface area (Å²) in [5, 5.41) is 0. The first-order valence-electron chi connectivity index (χ1n) is 6.31. The van der Waals surface area contributed by atoms with Crippen LogP contribution in [0.3, 0.4) is 0 Å². The van der Waals surface area contributed by atoms with Crippen LogP contribution in [0.5, 0.6) is 5.75 Å². The molecule has 1 unspecified atom stereocenters. The molecular formula is C15H23NO2. The molecule has 0 heterocycles. The van der Waals surface area contributed by atoms with Crippen molar-refractivity contribution < 1.29 is 9.53 Å². The molecule has 0 bridgehead atoms. The Labute approximate surface area is 110 Å². The number of ether oxygens (including phenoxy) is 1. The second-order valence-electron chi connectivity index (χ2n) is 5.17. The van der Waals surface area contributed by atoms with E-state index in [9.17, 15) is 4.79 Å². The first-order chi connectivity index (χ1) is 8.32. The summed E-state index contributed by atoms with van der Waals surface area (Å²) in [5.74, 6) is 1.22. The Kier molecular flexibility index (Phi) is 4.76. The van der Waals surface area contributed by atoms with Crippen molar-refractivity contribution in [3.63, 3.8) is 0 Å². The summed E-state index contributed by atoms with van der Waals surface area (Å²) in [6.45, 7) is 8.18. The fourth-order valence-electron chi connectivity index (χ4n) is 1.99. The van der Waals surface area contributed by atoms with Gasteiger partial charge in [0.05, 0.1) is 0 Å². The number of rotatable bonds is 4. The van der Waals surface area contributed by atoms with E-state index in [4.69, 9.17) is 4.74 Å². The van der Waals surface area contributed by atoms with Crippen LogP contribution in [0.2, 0.25) is 0 Å². The van der Waals surface area contributed by atoms with Crippen LogP contribution in [0, 0.1) is 6.92 Å². The Balaban J connectivity index is 2.81. The highest BCUT2D eigenvalue weighted by Crippen LogP contribution is 2.24. The van der Waals surface area contributed by atoms with Gasteiger partial charge in [-0.25, -0.2) is 0 Å². The highest BCUT2D eigenvalue weighted by molar-refractivity contribution is 5.80. The third-order valence-electron chi connectivity index (χ3n) is 2.96. The maximum atomic E-state index is 11.7. The lowest BCUT2D eigenvalue weighted by Crippen LogP contribution is -2.35. The lowest BCUT2D eigenvalue weighted by molar-refractivity contribution is -0.135. The predicted octanol–water partition coefficient (Wildman–Crippen LogP) is 2.97. The number of hydrogen-bond donors (Lipinski definition) is 0. The van der Waals surface area contributed by atoms with Gasteiger partial charge in [0.25, 0.3) is 5.91 Å². The van der Waals surface area contributed by atoms with Crippen LogP contribution in [0.4, 0.5) is 0 Å². The number of likely N-dealkylation sites (N-methyl/N-ethyl adjacent to an activating group) is 1. The second kappa shape index (κ2) is 5.89. The fraction of sp³-hybridized carbons (Fsp3) is 0.533. The van der Waals surface area contributed by atoms with Gasteiger partial charge in [0, 0.05) is 14.1 Å². The topological polar surface area (TPSA) is 29.5 Å². The quantitative estimate of drug-likeness (QED) is 0.821. The summed E-state index contributed by atoms with van der Waals surface area (Å²) in [7, 11) is 3.46. The minimum absolute atomic E-state index is 0.0272. The summed E-state index contributed by atoms with van der Waals surface area (Å²) in [5.41, 5.74) is 2.51. The first-order valence-corrected chi connectivity index (χ1v) is 6.31. The van der Waals surface area contributed by atoms with Crippen LogP contribution in [0.1, 0.15) is 37.8 Å². The van der Waals surface area contributed by atoms with Gasteiger partial charge in [0.15, 0.2) is 6.10 Å². The molecule has 0 aromatic heterocycles. The number of carbonyl (C=O) groups excluding carboxylic acids is 1. The van der Waals surface area contributed by atoms with Crippen molar-refractivity contribution in [2.75, 3.05) is 14.1 Å². The zero-order valence-electron chi connectivity index (χ0n) is 12.2. The lowest BCUT2D eigenvalue weighted by atomic mass is 9.98. The van der Waals surface area contributed by atoms with Gasteiger partial charge in [-0.2, -0.15) is 0 Å². The third kappa shape index (κ3) is 3.49.